The van der Waals surface area contributed by atoms with E-state index in [-0.39, 0.29) is 11.9 Å². The van der Waals surface area contributed by atoms with Gasteiger partial charge in [-0.25, -0.2) is 4.79 Å². The minimum Gasteiger partial charge on any atom is -0.378 e. The Balaban J connectivity index is 1.43. The SMILES string of the molecule is CC(C)CCNC(=O)N1CCc2cc(-c3ccc(C(=O)N4CCOCC4)cc3)ccc21. The Kier molecular flexibility index (Phi) is 6.56. The lowest BCUT2D eigenvalue weighted by molar-refractivity contribution is 0.0303. The molecule has 6 nitrogen and oxygen atoms in total. The molecule has 0 bridgehead atoms. The molecule has 1 fully saturated rings. The van der Waals surface area contributed by atoms with E-state index in [0.29, 0.717) is 50.9 Å². The van der Waals surface area contributed by atoms with Gasteiger partial charge >= 0.3 is 6.03 Å². The molecular formula is C25H31N3O3. The minimum absolute atomic E-state index is 0.0156. The molecule has 3 amide bonds. The smallest absolute Gasteiger partial charge is 0.321 e. The Labute approximate surface area is 184 Å². The number of carbonyl (C=O) groups is 2. The number of anilines is 1. The second-order valence-electron chi connectivity index (χ2n) is 8.64. The van der Waals surface area contributed by atoms with Gasteiger partial charge in [-0.15, -0.1) is 0 Å². The van der Waals surface area contributed by atoms with E-state index in [1.54, 1.807) is 0 Å². The fourth-order valence-electron chi connectivity index (χ4n) is 4.11. The van der Waals surface area contributed by atoms with Gasteiger partial charge in [0.15, 0.2) is 0 Å². The maximum Gasteiger partial charge on any atom is 0.321 e. The van der Waals surface area contributed by atoms with Crippen LogP contribution in [0, 0.1) is 5.92 Å². The number of ether oxygens (including phenoxy) is 1. The summed E-state index contributed by atoms with van der Waals surface area (Å²) in [6.07, 6.45) is 1.84. The third-order valence-corrected chi connectivity index (χ3v) is 5.98. The Morgan fingerprint density at radius 2 is 1.71 bits per heavy atom. The summed E-state index contributed by atoms with van der Waals surface area (Å²) < 4.78 is 5.33. The Morgan fingerprint density at radius 1 is 1.00 bits per heavy atom. The number of urea groups is 1. The number of benzene rings is 2. The Bertz CT molecular complexity index is 934. The van der Waals surface area contributed by atoms with Crippen LogP contribution < -0.4 is 10.2 Å². The molecule has 0 unspecified atom stereocenters. The second-order valence-corrected chi connectivity index (χ2v) is 8.64. The summed E-state index contributed by atoms with van der Waals surface area (Å²) in [5.74, 6) is 0.632. The fraction of sp³-hybridized carbons (Fsp3) is 0.440. The zero-order valence-electron chi connectivity index (χ0n) is 18.4. The molecule has 0 atom stereocenters. The van der Waals surface area contributed by atoms with Crippen molar-refractivity contribution in [2.75, 3.05) is 44.3 Å². The number of nitrogens with one attached hydrogen (secondary N) is 1. The topological polar surface area (TPSA) is 61.9 Å². The first-order valence-corrected chi connectivity index (χ1v) is 11.2. The molecule has 0 aromatic heterocycles. The molecule has 1 N–H and O–H groups in total. The number of amides is 3. The van der Waals surface area contributed by atoms with Crippen molar-refractivity contribution in [3.63, 3.8) is 0 Å². The van der Waals surface area contributed by atoms with Crippen LogP contribution in [0.1, 0.15) is 36.2 Å². The monoisotopic (exact) mass is 421 g/mol. The zero-order chi connectivity index (χ0) is 21.8. The van der Waals surface area contributed by atoms with Crippen LogP contribution >= 0.6 is 0 Å². The Hall–Kier alpha value is -2.86. The van der Waals surface area contributed by atoms with Gasteiger partial charge < -0.3 is 15.0 Å². The van der Waals surface area contributed by atoms with E-state index < -0.39 is 0 Å². The van der Waals surface area contributed by atoms with Gasteiger partial charge in [-0.05, 0) is 59.7 Å². The summed E-state index contributed by atoms with van der Waals surface area (Å²) in [4.78, 5) is 28.9. The highest BCUT2D eigenvalue weighted by molar-refractivity contribution is 5.96. The number of rotatable bonds is 5. The lowest BCUT2D eigenvalue weighted by Crippen LogP contribution is -2.40. The van der Waals surface area contributed by atoms with Crippen LogP contribution in [-0.2, 0) is 11.2 Å². The highest BCUT2D eigenvalue weighted by Gasteiger charge is 2.25. The quantitative estimate of drug-likeness (QED) is 0.795. The van der Waals surface area contributed by atoms with Gasteiger partial charge in [-0.3, -0.25) is 9.69 Å². The highest BCUT2D eigenvalue weighted by Crippen LogP contribution is 2.32. The predicted molar refractivity (Wildman–Crippen MR) is 123 cm³/mol. The maximum absolute atomic E-state index is 12.6. The average molecular weight is 422 g/mol. The predicted octanol–water partition coefficient (Wildman–Crippen LogP) is 3.94. The molecule has 1 saturated heterocycles. The first-order valence-electron chi connectivity index (χ1n) is 11.2. The summed E-state index contributed by atoms with van der Waals surface area (Å²) in [7, 11) is 0. The Morgan fingerprint density at radius 3 is 2.42 bits per heavy atom. The van der Waals surface area contributed by atoms with E-state index in [2.05, 4.69) is 31.3 Å². The van der Waals surface area contributed by atoms with E-state index in [4.69, 9.17) is 4.74 Å². The first kappa shape index (κ1) is 21.4. The molecule has 0 aliphatic carbocycles. The number of fused-ring (bicyclic) bond motifs is 1. The summed E-state index contributed by atoms with van der Waals surface area (Å²) in [5, 5.41) is 3.03. The van der Waals surface area contributed by atoms with Crippen LogP contribution in [0.15, 0.2) is 42.5 Å². The summed E-state index contributed by atoms with van der Waals surface area (Å²) in [6, 6.07) is 14.0. The van der Waals surface area contributed by atoms with Gasteiger partial charge in [0.25, 0.3) is 5.91 Å². The lowest BCUT2D eigenvalue weighted by atomic mass is 10.0. The number of nitrogens with zero attached hydrogens (tertiary/aromatic N) is 2. The van der Waals surface area contributed by atoms with Crippen molar-refractivity contribution in [3.05, 3.63) is 53.6 Å². The number of morpholine rings is 1. The second kappa shape index (κ2) is 9.52. The third kappa shape index (κ3) is 4.90. The summed E-state index contributed by atoms with van der Waals surface area (Å²) >= 11 is 0. The van der Waals surface area contributed by atoms with E-state index in [1.807, 2.05) is 40.1 Å². The minimum atomic E-state index is -0.0156. The molecule has 4 rings (SSSR count). The van der Waals surface area contributed by atoms with E-state index in [1.165, 1.54) is 5.56 Å². The standard InChI is InChI=1S/C25H31N3O3/c1-18(2)9-11-26-25(30)28-12-10-22-17-21(7-8-23(22)28)19-3-5-20(6-4-19)24(29)27-13-15-31-16-14-27/h3-8,17-18H,9-16H2,1-2H3,(H,26,30). The van der Waals surface area contributed by atoms with Crippen molar-refractivity contribution in [1.29, 1.82) is 0 Å². The molecule has 6 heteroatoms. The molecule has 31 heavy (non-hydrogen) atoms. The third-order valence-electron chi connectivity index (χ3n) is 5.98. The van der Waals surface area contributed by atoms with Gasteiger partial charge in [0.05, 0.1) is 13.2 Å². The van der Waals surface area contributed by atoms with Gasteiger partial charge in [0, 0.05) is 37.4 Å². The van der Waals surface area contributed by atoms with Crippen LogP contribution in [-0.4, -0.2) is 56.2 Å². The summed E-state index contributed by atoms with van der Waals surface area (Å²) in [6.45, 7) is 8.22. The molecule has 0 spiro atoms. The normalized spacial score (nSPS) is 15.8. The average Bonchev–Trinajstić information content (AvgIpc) is 3.22. The van der Waals surface area contributed by atoms with Crippen LogP contribution in [0.5, 0.6) is 0 Å². The molecule has 2 aliphatic rings. The van der Waals surface area contributed by atoms with Crippen molar-refractivity contribution in [2.24, 2.45) is 5.92 Å². The number of hydrogen-bond donors (Lipinski definition) is 1. The molecule has 2 heterocycles. The zero-order valence-corrected chi connectivity index (χ0v) is 18.4. The van der Waals surface area contributed by atoms with Crippen molar-refractivity contribution < 1.29 is 14.3 Å². The van der Waals surface area contributed by atoms with Crippen molar-refractivity contribution >= 4 is 17.6 Å². The fourth-order valence-corrected chi connectivity index (χ4v) is 4.11. The molecule has 0 radical (unpaired) electrons. The maximum atomic E-state index is 12.6. The first-order chi connectivity index (χ1) is 15.0. The largest absolute Gasteiger partial charge is 0.378 e. The van der Waals surface area contributed by atoms with Crippen molar-refractivity contribution in [2.45, 2.75) is 26.7 Å². The van der Waals surface area contributed by atoms with Crippen LogP contribution in [0.2, 0.25) is 0 Å². The van der Waals surface area contributed by atoms with Crippen molar-refractivity contribution in [3.8, 4) is 11.1 Å². The van der Waals surface area contributed by atoms with E-state index >= 15 is 0 Å². The molecule has 2 aromatic rings. The highest BCUT2D eigenvalue weighted by atomic mass is 16.5. The van der Waals surface area contributed by atoms with Crippen LogP contribution in [0.4, 0.5) is 10.5 Å². The molecule has 2 aromatic carbocycles. The van der Waals surface area contributed by atoms with Crippen LogP contribution in [0.3, 0.4) is 0 Å². The molecule has 164 valence electrons. The van der Waals surface area contributed by atoms with E-state index in [0.717, 1.165) is 29.7 Å². The van der Waals surface area contributed by atoms with Gasteiger partial charge in [-0.2, -0.15) is 0 Å². The van der Waals surface area contributed by atoms with Gasteiger partial charge in [0.2, 0.25) is 0 Å². The van der Waals surface area contributed by atoms with Gasteiger partial charge in [-0.1, -0.05) is 32.0 Å². The van der Waals surface area contributed by atoms with E-state index in [9.17, 15) is 9.59 Å². The molecular weight excluding hydrogens is 390 g/mol. The number of carbonyl (C=O) groups excluding carboxylic acids is 2. The summed E-state index contributed by atoms with van der Waals surface area (Å²) in [5.41, 5.74) is 5.05. The number of hydrogen-bond acceptors (Lipinski definition) is 3. The lowest BCUT2D eigenvalue weighted by Gasteiger charge is -2.26. The molecule has 0 saturated carbocycles. The van der Waals surface area contributed by atoms with Gasteiger partial charge in [0.1, 0.15) is 0 Å². The molecule has 2 aliphatic heterocycles. The van der Waals surface area contributed by atoms with Crippen LogP contribution in [0.25, 0.3) is 11.1 Å². The van der Waals surface area contributed by atoms with Crippen molar-refractivity contribution in [1.82, 2.24) is 10.2 Å².